The summed E-state index contributed by atoms with van der Waals surface area (Å²) in [5.41, 5.74) is -0.355. The van der Waals surface area contributed by atoms with Crippen molar-refractivity contribution >= 4 is 11.8 Å². The maximum absolute atomic E-state index is 13.7. The van der Waals surface area contributed by atoms with Crippen molar-refractivity contribution in [1.82, 2.24) is 10.2 Å². The lowest BCUT2D eigenvalue weighted by atomic mass is 10.1. The fraction of sp³-hybridized carbons (Fsp3) is 0.467. The molecule has 116 valence electrons. The lowest BCUT2D eigenvalue weighted by molar-refractivity contribution is -0.121. The predicted octanol–water partition coefficient (Wildman–Crippen LogP) is 2.34. The van der Waals surface area contributed by atoms with E-state index in [4.69, 9.17) is 0 Å². The fourth-order valence-corrected chi connectivity index (χ4v) is 1.86. The van der Waals surface area contributed by atoms with Gasteiger partial charge in [-0.2, -0.15) is 0 Å². The first-order valence-corrected chi connectivity index (χ1v) is 7.01. The third-order valence-corrected chi connectivity index (χ3v) is 2.87. The number of nitrogens with zero attached hydrogens (tertiary/aromatic N) is 1. The Bertz CT molecular complexity index is 506. The van der Waals surface area contributed by atoms with Crippen molar-refractivity contribution in [2.45, 2.75) is 26.7 Å². The second-order valence-corrected chi connectivity index (χ2v) is 4.68. The third kappa shape index (κ3) is 4.81. The van der Waals surface area contributed by atoms with Gasteiger partial charge in [0, 0.05) is 13.1 Å². The maximum Gasteiger partial charge on any atom is 0.257 e. The Morgan fingerprint density at radius 1 is 1.19 bits per heavy atom. The van der Waals surface area contributed by atoms with Crippen molar-refractivity contribution in [1.29, 1.82) is 0 Å². The molecule has 0 fully saturated rings. The minimum Gasteiger partial charge on any atom is -0.355 e. The van der Waals surface area contributed by atoms with Crippen LogP contribution in [0.5, 0.6) is 0 Å². The van der Waals surface area contributed by atoms with Crippen LogP contribution in [0.2, 0.25) is 0 Å². The summed E-state index contributed by atoms with van der Waals surface area (Å²) in [6, 6.07) is 3.44. The van der Waals surface area contributed by atoms with E-state index in [1.807, 2.05) is 13.8 Å². The molecule has 0 aromatic heterocycles. The summed E-state index contributed by atoms with van der Waals surface area (Å²) in [4.78, 5) is 25.2. The van der Waals surface area contributed by atoms with Crippen molar-refractivity contribution in [2.24, 2.45) is 0 Å². The third-order valence-electron chi connectivity index (χ3n) is 2.87. The zero-order chi connectivity index (χ0) is 15.8. The second kappa shape index (κ2) is 8.34. The number of rotatable bonds is 7. The van der Waals surface area contributed by atoms with Crippen LogP contribution in [-0.2, 0) is 4.79 Å². The Hall–Kier alpha value is -1.98. The quantitative estimate of drug-likeness (QED) is 0.840. The number of benzene rings is 1. The SMILES string of the molecule is CCCNC(=O)CN(CCC)C(=O)c1cccc(F)c1F. The summed E-state index contributed by atoms with van der Waals surface area (Å²) in [5, 5.41) is 2.65. The number of nitrogens with one attached hydrogen (secondary N) is 1. The first-order valence-electron chi connectivity index (χ1n) is 7.01. The highest BCUT2D eigenvalue weighted by Gasteiger charge is 2.22. The van der Waals surface area contributed by atoms with Gasteiger partial charge < -0.3 is 10.2 Å². The van der Waals surface area contributed by atoms with E-state index in [-0.39, 0.29) is 18.0 Å². The Balaban J connectivity index is 2.86. The molecule has 0 spiro atoms. The molecule has 1 aromatic rings. The lowest BCUT2D eigenvalue weighted by Gasteiger charge is -2.22. The monoisotopic (exact) mass is 298 g/mol. The molecule has 0 aliphatic heterocycles. The van der Waals surface area contributed by atoms with Gasteiger partial charge in [-0.15, -0.1) is 0 Å². The van der Waals surface area contributed by atoms with Gasteiger partial charge in [0.2, 0.25) is 5.91 Å². The molecule has 0 atom stereocenters. The van der Waals surface area contributed by atoms with Gasteiger partial charge in [0.25, 0.3) is 5.91 Å². The standard InChI is InChI=1S/C15H20F2N2O2/c1-3-8-18-13(20)10-19(9-4-2)15(21)11-6-5-7-12(16)14(11)17/h5-7H,3-4,8-10H2,1-2H3,(H,18,20). The van der Waals surface area contributed by atoms with Crippen LogP contribution in [-0.4, -0.2) is 36.3 Å². The van der Waals surface area contributed by atoms with Crippen LogP contribution in [0.25, 0.3) is 0 Å². The number of amides is 2. The minimum absolute atomic E-state index is 0.164. The molecule has 0 radical (unpaired) electrons. The molecule has 4 nitrogen and oxygen atoms in total. The highest BCUT2D eigenvalue weighted by Crippen LogP contribution is 2.14. The zero-order valence-corrected chi connectivity index (χ0v) is 12.3. The molecule has 0 heterocycles. The Morgan fingerprint density at radius 2 is 1.90 bits per heavy atom. The summed E-state index contributed by atoms with van der Waals surface area (Å²) in [7, 11) is 0. The van der Waals surface area contributed by atoms with Gasteiger partial charge >= 0.3 is 0 Å². The van der Waals surface area contributed by atoms with E-state index in [0.717, 1.165) is 12.5 Å². The van der Waals surface area contributed by atoms with E-state index < -0.39 is 17.5 Å². The summed E-state index contributed by atoms with van der Waals surface area (Å²) < 4.78 is 26.9. The second-order valence-electron chi connectivity index (χ2n) is 4.68. The van der Waals surface area contributed by atoms with Gasteiger partial charge in [0.1, 0.15) is 0 Å². The number of halogens is 2. The van der Waals surface area contributed by atoms with Crippen molar-refractivity contribution in [2.75, 3.05) is 19.6 Å². The van der Waals surface area contributed by atoms with Gasteiger partial charge in [0.15, 0.2) is 11.6 Å². The van der Waals surface area contributed by atoms with Crippen LogP contribution in [0.4, 0.5) is 8.78 Å². The smallest absolute Gasteiger partial charge is 0.257 e. The number of hydrogen-bond acceptors (Lipinski definition) is 2. The average Bonchev–Trinajstić information content (AvgIpc) is 2.47. The number of carbonyl (C=O) groups excluding carboxylic acids is 2. The van der Waals surface area contributed by atoms with Crippen LogP contribution in [0, 0.1) is 11.6 Å². The Kier molecular flexibility index (Phi) is 6.78. The fourth-order valence-electron chi connectivity index (χ4n) is 1.86. The molecule has 0 aliphatic rings. The average molecular weight is 298 g/mol. The molecule has 6 heteroatoms. The Labute approximate surface area is 123 Å². The van der Waals surface area contributed by atoms with Crippen molar-refractivity contribution in [3.63, 3.8) is 0 Å². The predicted molar refractivity (Wildman–Crippen MR) is 75.9 cm³/mol. The maximum atomic E-state index is 13.7. The van der Waals surface area contributed by atoms with Gasteiger partial charge in [-0.05, 0) is 25.0 Å². The van der Waals surface area contributed by atoms with Crippen molar-refractivity contribution in [3.8, 4) is 0 Å². The topological polar surface area (TPSA) is 49.4 Å². The van der Waals surface area contributed by atoms with E-state index in [2.05, 4.69) is 5.32 Å². The van der Waals surface area contributed by atoms with Gasteiger partial charge in [-0.25, -0.2) is 8.78 Å². The van der Waals surface area contributed by atoms with E-state index >= 15 is 0 Å². The van der Waals surface area contributed by atoms with E-state index in [1.165, 1.54) is 17.0 Å². The largest absolute Gasteiger partial charge is 0.355 e. The van der Waals surface area contributed by atoms with Gasteiger partial charge in [0.05, 0.1) is 12.1 Å². The van der Waals surface area contributed by atoms with E-state index in [1.54, 1.807) is 0 Å². The van der Waals surface area contributed by atoms with Crippen LogP contribution in [0.3, 0.4) is 0 Å². The lowest BCUT2D eigenvalue weighted by Crippen LogP contribution is -2.41. The Morgan fingerprint density at radius 3 is 2.52 bits per heavy atom. The number of hydrogen-bond donors (Lipinski definition) is 1. The first kappa shape index (κ1) is 17.1. The molecule has 2 amide bonds. The summed E-state index contributed by atoms with van der Waals surface area (Å²) in [6.45, 7) is 4.40. The van der Waals surface area contributed by atoms with Crippen LogP contribution < -0.4 is 5.32 Å². The van der Waals surface area contributed by atoms with Crippen LogP contribution in [0.1, 0.15) is 37.0 Å². The highest BCUT2D eigenvalue weighted by molar-refractivity contribution is 5.96. The van der Waals surface area contributed by atoms with E-state index in [9.17, 15) is 18.4 Å². The van der Waals surface area contributed by atoms with Crippen LogP contribution >= 0.6 is 0 Å². The van der Waals surface area contributed by atoms with Gasteiger partial charge in [-0.3, -0.25) is 9.59 Å². The molecule has 0 saturated carbocycles. The number of carbonyl (C=O) groups is 2. The molecule has 1 rings (SSSR count). The minimum atomic E-state index is -1.18. The normalized spacial score (nSPS) is 10.3. The molecule has 1 N–H and O–H groups in total. The molecule has 21 heavy (non-hydrogen) atoms. The molecule has 0 bridgehead atoms. The summed E-state index contributed by atoms with van der Waals surface area (Å²) in [6.07, 6.45) is 1.40. The highest BCUT2D eigenvalue weighted by atomic mass is 19.2. The molecule has 0 unspecified atom stereocenters. The molecule has 0 saturated heterocycles. The first-order chi connectivity index (χ1) is 10.0. The van der Waals surface area contributed by atoms with Crippen LogP contribution in [0.15, 0.2) is 18.2 Å². The molecule has 1 aromatic carbocycles. The van der Waals surface area contributed by atoms with Crippen molar-refractivity contribution in [3.05, 3.63) is 35.4 Å². The van der Waals surface area contributed by atoms with E-state index in [0.29, 0.717) is 19.5 Å². The van der Waals surface area contributed by atoms with Gasteiger partial charge in [-0.1, -0.05) is 19.9 Å². The molecular formula is C15H20F2N2O2. The summed E-state index contributed by atoms with van der Waals surface area (Å²) >= 11 is 0. The molecular weight excluding hydrogens is 278 g/mol. The summed E-state index contributed by atoms with van der Waals surface area (Å²) in [5.74, 6) is -3.25. The zero-order valence-electron chi connectivity index (χ0n) is 12.3. The molecule has 0 aliphatic carbocycles. The van der Waals surface area contributed by atoms with Crippen molar-refractivity contribution < 1.29 is 18.4 Å².